The molecule has 4 N–H and O–H groups in total. The predicted octanol–water partition coefficient (Wildman–Crippen LogP) is 2.72. The van der Waals surface area contributed by atoms with Crippen LogP contribution in [-0.4, -0.2) is 12.0 Å². The standard InChI is InChI=1S/C14H20ClFN4/c15-12-8-10(6-7-13(12)16)9-18-14(20-17)19-11-4-2-1-3-5-11/h6-8,11H,1-5,9,17H2,(H2,18,19,20). The lowest BCUT2D eigenvalue weighted by Gasteiger charge is -2.24. The number of nitrogens with zero attached hydrogens (tertiary/aromatic N) is 1. The summed E-state index contributed by atoms with van der Waals surface area (Å²) < 4.78 is 13.1. The fourth-order valence-corrected chi connectivity index (χ4v) is 2.58. The lowest BCUT2D eigenvalue weighted by Crippen LogP contribution is -2.47. The van der Waals surface area contributed by atoms with Crippen molar-refractivity contribution in [2.45, 2.75) is 44.7 Å². The molecule has 0 aliphatic heterocycles. The van der Waals surface area contributed by atoms with Gasteiger partial charge in [-0.05, 0) is 30.5 Å². The van der Waals surface area contributed by atoms with Gasteiger partial charge >= 0.3 is 0 Å². The maximum Gasteiger partial charge on any atom is 0.206 e. The summed E-state index contributed by atoms with van der Waals surface area (Å²) in [5, 5.41) is 3.42. The Morgan fingerprint density at radius 1 is 1.35 bits per heavy atom. The van der Waals surface area contributed by atoms with Gasteiger partial charge in [-0.25, -0.2) is 15.2 Å². The van der Waals surface area contributed by atoms with Crippen LogP contribution in [0.15, 0.2) is 23.2 Å². The van der Waals surface area contributed by atoms with E-state index >= 15 is 0 Å². The van der Waals surface area contributed by atoms with Crippen molar-refractivity contribution < 1.29 is 4.39 Å². The zero-order valence-electron chi connectivity index (χ0n) is 11.3. The molecule has 0 spiro atoms. The van der Waals surface area contributed by atoms with Crippen molar-refractivity contribution in [2.24, 2.45) is 10.8 Å². The van der Waals surface area contributed by atoms with E-state index in [-0.39, 0.29) is 5.02 Å². The first kappa shape index (κ1) is 15.1. The average Bonchev–Trinajstić information content (AvgIpc) is 2.48. The monoisotopic (exact) mass is 298 g/mol. The average molecular weight is 299 g/mol. The summed E-state index contributed by atoms with van der Waals surface area (Å²) >= 11 is 5.74. The highest BCUT2D eigenvalue weighted by atomic mass is 35.5. The molecule has 1 aliphatic rings. The minimum atomic E-state index is -0.420. The van der Waals surface area contributed by atoms with E-state index in [1.54, 1.807) is 12.1 Å². The van der Waals surface area contributed by atoms with Gasteiger partial charge in [-0.15, -0.1) is 0 Å². The highest BCUT2D eigenvalue weighted by molar-refractivity contribution is 6.30. The molecule has 110 valence electrons. The molecule has 4 nitrogen and oxygen atoms in total. The zero-order chi connectivity index (χ0) is 14.4. The second kappa shape index (κ2) is 7.45. The zero-order valence-corrected chi connectivity index (χ0v) is 12.1. The number of hydrogen-bond acceptors (Lipinski definition) is 2. The van der Waals surface area contributed by atoms with Crippen LogP contribution in [0.4, 0.5) is 4.39 Å². The molecule has 0 atom stereocenters. The molecule has 1 fully saturated rings. The Labute approximate surface area is 123 Å². The molecule has 0 aromatic heterocycles. The number of halogens is 2. The van der Waals surface area contributed by atoms with Gasteiger partial charge in [-0.2, -0.15) is 0 Å². The molecule has 0 saturated heterocycles. The third-order valence-electron chi connectivity index (χ3n) is 3.49. The molecule has 1 aromatic carbocycles. The maximum absolute atomic E-state index is 13.1. The number of hydrogen-bond donors (Lipinski definition) is 3. The Morgan fingerprint density at radius 2 is 2.10 bits per heavy atom. The Bertz CT molecular complexity index is 472. The molecule has 1 saturated carbocycles. The molecule has 6 heteroatoms. The SMILES string of the molecule is NNC(=NCc1ccc(F)c(Cl)c1)NC1CCCCC1. The van der Waals surface area contributed by atoms with Crippen LogP contribution in [0, 0.1) is 5.82 Å². The van der Waals surface area contributed by atoms with Crippen molar-refractivity contribution in [1.82, 2.24) is 10.7 Å². The van der Waals surface area contributed by atoms with Crippen molar-refractivity contribution in [3.05, 3.63) is 34.6 Å². The number of benzene rings is 1. The van der Waals surface area contributed by atoms with Crippen LogP contribution < -0.4 is 16.6 Å². The molecule has 2 rings (SSSR count). The largest absolute Gasteiger partial charge is 0.353 e. The first-order valence-corrected chi connectivity index (χ1v) is 7.28. The molecular weight excluding hydrogens is 279 g/mol. The van der Waals surface area contributed by atoms with E-state index in [0.29, 0.717) is 18.5 Å². The molecule has 0 amide bonds. The topological polar surface area (TPSA) is 62.4 Å². The minimum Gasteiger partial charge on any atom is -0.353 e. The molecule has 0 heterocycles. The summed E-state index contributed by atoms with van der Waals surface area (Å²) in [6, 6.07) is 5.02. The molecule has 1 aromatic rings. The lowest BCUT2D eigenvalue weighted by molar-refractivity contribution is 0.410. The molecular formula is C14H20ClFN4. The predicted molar refractivity (Wildman–Crippen MR) is 79.9 cm³/mol. The summed E-state index contributed by atoms with van der Waals surface area (Å²) in [6.07, 6.45) is 6.06. The first-order chi connectivity index (χ1) is 9.69. The van der Waals surface area contributed by atoms with Crippen LogP contribution in [0.2, 0.25) is 5.02 Å². The third kappa shape index (κ3) is 4.35. The van der Waals surface area contributed by atoms with E-state index in [4.69, 9.17) is 17.4 Å². The maximum atomic E-state index is 13.1. The smallest absolute Gasteiger partial charge is 0.206 e. The molecule has 0 radical (unpaired) electrons. The highest BCUT2D eigenvalue weighted by Gasteiger charge is 2.14. The van der Waals surface area contributed by atoms with Gasteiger partial charge in [0.15, 0.2) is 0 Å². The van der Waals surface area contributed by atoms with Gasteiger partial charge in [-0.1, -0.05) is 36.9 Å². The third-order valence-corrected chi connectivity index (χ3v) is 3.78. The molecule has 1 aliphatic carbocycles. The lowest BCUT2D eigenvalue weighted by atomic mass is 9.96. The summed E-state index contributed by atoms with van der Waals surface area (Å²) in [4.78, 5) is 4.37. The van der Waals surface area contributed by atoms with Crippen LogP contribution in [0.3, 0.4) is 0 Å². The van der Waals surface area contributed by atoms with Crippen LogP contribution in [0.1, 0.15) is 37.7 Å². The van der Waals surface area contributed by atoms with Crippen LogP contribution in [-0.2, 0) is 6.54 Å². The van der Waals surface area contributed by atoms with E-state index in [0.717, 1.165) is 18.4 Å². The van der Waals surface area contributed by atoms with Gasteiger partial charge in [-0.3, -0.25) is 5.43 Å². The quantitative estimate of drug-likeness (QED) is 0.348. The molecule has 0 unspecified atom stereocenters. The second-order valence-corrected chi connectivity index (χ2v) is 5.44. The van der Waals surface area contributed by atoms with E-state index in [1.165, 1.54) is 25.3 Å². The first-order valence-electron chi connectivity index (χ1n) is 6.90. The molecule has 20 heavy (non-hydrogen) atoms. The Kier molecular flexibility index (Phi) is 5.61. The Morgan fingerprint density at radius 3 is 2.75 bits per heavy atom. The van der Waals surface area contributed by atoms with E-state index in [2.05, 4.69) is 15.7 Å². The van der Waals surface area contributed by atoms with Crippen LogP contribution >= 0.6 is 11.6 Å². The Balaban J connectivity index is 1.94. The van der Waals surface area contributed by atoms with Crippen molar-refractivity contribution in [3.8, 4) is 0 Å². The van der Waals surface area contributed by atoms with Gasteiger partial charge in [0, 0.05) is 6.04 Å². The number of nitrogens with two attached hydrogens (primary N) is 1. The number of rotatable bonds is 3. The fraction of sp³-hybridized carbons (Fsp3) is 0.500. The van der Waals surface area contributed by atoms with Crippen molar-refractivity contribution in [2.75, 3.05) is 0 Å². The number of hydrazine groups is 1. The van der Waals surface area contributed by atoms with Gasteiger partial charge in [0.2, 0.25) is 5.96 Å². The highest BCUT2D eigenvalue weighted by Crippen LogP contribution is 2.18. The fourth-order valence-electron chi connectivity index (χ4n) is 2.38. The number of guanidine groups is 1. The summed E-state index contributed by atoms with van der Waals surface area (Å²) in [6.45, 7) is 0.402. The minimum absolute atomic E-state index is 0.111. The Hall–Kier alpha value is -1.33. The van der Waals surface area contributed by atoms with E-state index in [9.17, 15) is 4.39 Å². The van der Waals surface area contributed by atoms with Crippen LogP contribution in [0.25, 0.3) is 0 Å². The van der Waals surface area contributed by atoms with E-state index in [1.807, 2.05) is 0 Å². The normalized spacial score (nSPS) is 17.1. The second-order valence-electron chi connectivity index (χ2n) is 5.04. The van der Waals surface area contributed by atoms with Crippen molar-refractivity contribution >= 4 is 17.6 Å². The number of aliphatic imine (C=N–C) groups is 1. The van der Waals surface area contributed by atoms with Crippen molar-refractivity contribution in [3.63, 3.8) is 0 Å². The van der Waals surface area contributed by atoms with Crippen molar-refractivity contribution in [1.29, 1.82) is 0 Å². The summed E-state index contributed by atoms with van der Waals surface area (Å²) in [5.41, 5.74) is 3.42. The summed E-state index contributed by atoms with van der Waals surface area (Å²) in [5.74, 6) is 5.63. The van der Waals surface area contributed by atoms with Gasteiger partial charge in [0.05, 0.1) is 11.6 Å². The van der Waals surface area contributed by atoms with Gasteiger partial charge in [0.25, 0.3) is 0 Å². The van der Waals surface area contributed by atoms with Crippen LogP contribution in [0.5, 0.6) is 0 Å². The van der Waals surface area contributed by atoms with Gasteiger partial charge < -0.3 is 5.32 Å². The van der Waals surface area contributed by atoms with E-state index < -0.39 is 5.82 Å². The summed E-state index contributed by atoms with van der Waals surface area (Å²) in [7, 11) is 0. The molecule has 0 bridgehead atoms. The number of nitrogens with one attached hydrogen (secondary N) is 2. The van der Waals surface area contributed by atoms with Gasteiger partial charge in [0.1, 0.15) is 5.82 Å².